The number of hydrogen-bond donors (Lipinski definition) is 0. The molecule has 0 amide bonds. The number of nitrogens with zero attached hydrogens (tertiary/aromatic N) is 1. The fraction of sp³-hybridized carbons (Fsp3) is 0.188. The van der Waals surface area contributed by atoms with Crippen molar-refractivity contribution < 1.29 is 17.6 Å². The average molecular weight is 321 g/mol. The summed E-state index contributed by atoms with van der Waals surface area (Å²) in [5.74, 6) is -0.536. The van der Waals surface area contributed by atoms with E-state index in [1.807, 2.05) is 0 Å². The molecule has 0 N–H and O–H groups in total. The number of Topliss-reactive ketones (excluding diaryl/α,β-unsaturated/α-hetero) is 1. The minimum atomic E-state index is -3.69. The molecule has 0 aliphatic heterocycles. The van der Waals surface area contributed by atoms with Gasteiger partial charge in [0.15, 0.2) is 5.78 Å². The van der Waals surface area contributed by atoms with Gasteiger partial charge >= 0.3 is 0 Å². The lowest BCUT2D eigenvalue weighted by Gasteiger charge is -2.17. The molecule has 4 nitrogen and oxygen atoms in total. The molecule has 0 radical (unpaired) electrons. The van der Waals surface area contributed by atoms with E-state index in [4.69, 9.17) is 0 Å². The minimum Gasteiger partial charge on any atom is -0.295 e. The maximum Gasteiger partial charge on any atom is 0.243 e. The second-order valence-electron chi connectivity index (χ2n) is 4.97. The molecule has 0 aliphatic rings. The lowest BCUT2D eigenvalue weighted by molar-refractivity contribution is 0.101. The van der Waals surface area contributed by atoms with E-state index in [1.54, 1.807) is 6.07 Å². The van der Waals surface area contributed by atoms with Gasteiger partial charge in [-0.3, -0.25) is 4.79 Å². The van der Waals surface area contributed by atoms with Crippen LogP contribution in [0.15, 0.2) is 53.4 Å². The van der Waals surface area contributed by atoms with Crippen LogP contribution in [0.1, 0.15) is 22.8 Å². The third-order valence-electron chi connectivity index (χ3n) is 3.26. The van der Waals surface area contributed by atoms with Crippen molar-refractivity contribution in [1.29, 1.82) is 0 Å². The predicted octanol–water partition coefficient (Wildman–Crippen LogP) is 2.85. The molecule has 6 heteroatoms. The number of sulfonamides is 1. The molecule has 0 atom stereocenters. The number of ketones is 1. The third kappa shape index (κ3) is 3.58. The van der Waals surface area contributed by atoms with Crippen LogP contribution in [0, 0.1) is 5.82 Å². The molecule has 0 aliphatic carbocycles. The summed E-state index contributed by atoms with van der Waals surface area (Å²) in [6.45, 7) is 1.48. The van der Waals surface area contributed by atoms with Crippen LogP contribution in [-0.2, 0) is 16.6 Å². The van der Waals surface area contributed by atoms with Gasteiger partial charge in [0.2, 0.25) is 10.0 Å². The number of hydrogen-bond acceptors (Lipinski definition) is 3. The van der Waals surface area contributed by atoms with Crippen molar-refractivity contribution in [3.63, 3.8) is 0 Å². The molecule has 116 valence electrons. The van der Waals surface area contributed by atoms with Crippen molar-refractivity contribution in [2.24, 2.45) is 0 Å². The summed E-state index contributed by atoms with van der Waals surface area (Å²) in [5.41, 5.74) is 1.01. The maximum absolute atomic E-state index is 13.2. The Labute approximate surface area is 129 Å². The summed E-state index contributed by atoms with van der Waals surface area (Å²) in [6, 6.07) is 11.5. The van der Waals surface area contributed by atoms with E-state index >= 15 is 0 Å². The lowest BCUT2D eigenvalue weighted by atomic mass is 10.2. The molecule has 0 bridgehead atoms. The molecule has 0 saturated heterocycles. The third-order valence-corrected chi connectivity index (χ3v) is 5.08. The first kappa shape index (κ1) is 16.3. The van der Waals surface area contributed by atoms with Crippen LogP contribution in [0.4, 0.5) is 4.39 Å². The summed E-state index contributed by atoms with van der Waals surface area (Å²) in [5, 5.41) is 0. The van der Waals surface area contributed by atoms with Crippen molar-refractivity contribution in [2.75, 3.05) is 7.05 Å². The largest absolute Gasteiger partial charge is 0.295 e. The molecule has 22 heavy (non-hydrogen) atoms. The van der Waals surface area contributed by atoms with E-state index in [1.165, 1.54) is 56.4 Å². The topological polar surface area (TPSA) is 54.5 Å². The zero-order valence-electron chi connectivity index (χ0n) is 12.3. The highest BCUT2D eigenvalue weighted by molar-refractivity contribution is 7.89. The molecule has 0 heterocycles. The standard InChI is InChI=1S/C16H16FNO3S/c1-12(19)14-6-8-16(9-7-14)22(20,21)18(2)11-13-4-3-5-15(17)10-13/h3-10H,11H2,1-2H3. The van der Waals surface area contributed by atoms with Gasteiger partial charge in [0.05, 0.1) is 4.90 Å². The summed E-state index contributed by atoms with van der Waals surface area (Å²) in [6.07, 6.45) is 0. The van der Waals surface area contributed by atoms with Gasteiger partial charge in [-0.1, -0.05) is 24.3 Å². The van der Waals surface area contributed by atoms with E-state index in [0.29, 0.717) is 11.1 Å². The van der Waals surface area contributed by atoms with E-state index in [0.717, 1.165) is 4.31 Å². The van der Waals surface area contributed by atoms with Crippen molar-refractivity contribution in [1.82, 2.24) is 4.31 Å². The number of benzene rings is 2. The van der Waals surface area contributed by atoms with Crippen molar-refractivity contribution >= 4 is 15.8 Å². The smallest absolute Gasteiger partial charge is 0.243 e. The van der Waals surface area contributed by atoms with Crippen LogP contribution >= 0.6 is 0 Å². The molecule has 2 aromatic carbocycles. The molecule has 0 spiro atoms. The van der Waals surface area contributed by atoms with Gasteiger partial charge in [0.1, 0.15) is 5.82 Å². The molecule has 0 fully saturated rings. The van der Waals surface area contributed by atoms with Crippen LogP contribution in [0.3, 0.4) is 0 Å². The first-order valence-electron chi connectivity index (χ1n) is 6.62. The summed E-state index contributed by atoms with van der Waals surface area (Å²) >= 11 is 0. The summed E-state index contributed by atoms with van der Waals surface area (Å²) in [7, 11) is -2.26. The molecule has 0 unspecified atom stereocenters. The summed E-state index contributed by atoms with van der Waals surface area (Å²) < 4.78 is 39.2. The lowest BCUT2D eigenvalue weighted by Crippen LogP contribution is -2.26. The van der Waals surface area contributed by atoms with Gasteiger partial charge in [-0.05, 0) is 36.8 Å². The van der Waals surface area contributed by atoms with Gasteiger partial charge < -0.3 is 0 Å². The Kier molecular flexibility index (Phi) is 4.73. The molecular formula is C16H16FNO3S. The molecule has 2 aromatic rings. The SMILES string of the molecule is CC(=O)c1ccc(S(=O)(=O)N(C)Cc2cccc(F)c2)cc1. The second kappa shape index (κ2) is 6.37. The highest BCUT2D eigenvalue weighted by Gasteiger charge is 2.21. The van der Waals surface area contributed by atoms with Crippen molar-refractivity contribution in [2.45, 2.75) is 18.4 Å². The highest BCUT2D eigenvalue weighted by Crippen LogP contribution is 2.18. The fourth-order valence-electron chi connectivity index (χ4n) is 2.02. The van der Waals surface area contributed by atoms with Crippen LogP contribution in [0.2, 0.25) is 0 Å². The Morgan fingerprint density at radius 1 is 1.14 bits per heavy atom. The predicted molar refractivity (Wildman–Crippen MR) is 81.5 cm³/mol. The Bertz CT molecular complexity index is 785. The number of carbonyl (C=O) groups is 1. The molecule has 0 saturated carbocycles. The second-order valence-corrected chi connectivity index (χ2v) is 7.02. The fourth-order valence-corrected chi connectivity index (χ4v) is 3.18. The Morgan fingerprint density at radius 3 is 2.32 bits per heavy atom. The zero-order chi connectivity index (χ0) is 16.3. The van der Waals surface area contributed by atoms with Crippen LogP contribution in [0.25, 0.3) is 0 Å². The van der Waals surface area contributed by atoms with E-state index in [9.17, 15) is 17.6 Å². The van der Waals surface area contributed by atoms with Gasteiger partial charge in [-0.15, -0.1) is 0 Å². The average Bonchev–Trinajstić information content (AvgIpc) is 2.47. The number of halogens is 1. The molecule has 2 rings (SSSR count). The van der Waals surface area contributed by atoms with Crippen molar-refractivity contribution in [3.8, 4) is 0 Å². The van der Waals surface area contributed by atoms with Crippen LogP contribution < -0.4 is 0 Å². The monoisotopic (exact) mass is 321 g/mol. The van der Waals surface area contributed by atoms with Gasteiger partial charge in [-0.2, -0.15) is 4.31 Å². The van der Waals surface area contributed by atoms with Gasteiger partial charge in [0, 0.05) is 19.2 Å². The van der Waals surface area contributed by atoms with Crippen LogP contribution in [0.5, 0.6) is 0 Å². The number of rotatable bonds is 5. The van der Waals surface area contributed by atoms with E-state index in [2.05, 4.69) is 0 Å². The Balaban J connectivity index is 2.23. The normalized spacial score (nSPS) is 11.6. The molecule has 0 aromatic heterocycles. The quantitative estimate of drug-likeness (QED) is 0.796. The van der Waals surface area contributed by atoms with E-state index in [-0.39, 0.29) is 17.2 Å². The highest BCUT2D eigenvalue weighted by atomic mass is 32.2. The Hall–Kier alpha value is -2.05. The van der Waals surface area contributed by atoms with E-state index < -0.39 is 15.8 Å². The zero-order valence-corrected chi connectivity index (χ0v) is 13.1. The number of carbonyl (C=O) groups excluding carboxylic acids is 1. The van der Waals surface area contributed by atoms with Crippen molar-refractivity contribution in [3.05, 3.63) is 65.5 Å². The maximum atomic E-state index is 13.2. The minimum absolute atomic E-state index is 0.0640. The summed E-state index contributed by atoms with van der Waals surface area (Å²) in [4.78, 5) is 11.3. The van der Waals surface area contributed by atoms with Crippen LogP contribution in [-0.4, -0.2) is 25.6 Å². The molecular weight excluding hydrogens is 305 g/mol. The first-order valence-corrected chi connectivity index (χ1v) is 8.06. The first-order chi connectivity index (χ1) is 10.3. The van der Waals surface area contributed by atoms with Gasteiger partial charge in [0.25, 0.3) is 0 Å². The van der Waals surface area contributed by atoms with Gasteiger partial charge in [-0.25, -0.2) is 12.8 Å². The Morgan fingerprint density at radius 2 is 1.77 bits per heavy atom.